The van der Waals surface area contributed by atoms with Gasteiger partial charge in [-0.1, -0.05) is 30.3 Å². The van der Waals surface area contributed by atoms with Crippen molar-refractivity contribution >= 4 is 17.1 Å². The van der Waals surface area contributed by atoms with Crippen LogP contribution in [0.1, 0.15) is 40.4 Å². The average Bonchev–Trinajstić information content (AvgIpc) is 3.73. The second-order valence-corrected chi connectivity index (χ2v) is 11.2. The first kappa shape index (κ1) is 24.3. The molecule has 2 aromatic heterocycles. The lowest BCUT2D eigenvalue weighted by Crippen LogP contribution is -2.33. The number of likely N-dealkylation sites (tertiary alicyclic amines) is 2. The minimum absolute atomic E-state index is 0.0142. The summed E-state index contributed by atoms with van der Waals surface area (Å²) in [6.45, 7) is 5.24. The lowest BCUT2D eigenvalue weighted by atomic mass is 10.0. The Bertz CT molecular complexity index is 1510. The van der Waals surface area contributed by atoms with Gasteiger partial charge in [-0.2, -0.15) is 5.10 Å². The second-order valence-electron chi connectivity index (χ2n) is 11.2. The molecule has 1 amide bonds. The highest BCUT2D eigenvalue weighted by Gasteiger charge is 2.42. The molecule has 7 rings (SSSR count). The van der Waals surface area contributed by atoms with E-state index in [2.05, 4.69) is 39.2 Å². The molecule has 200 valence electrons. The van der Waals surface area contributed by atoms with Crippen molar-refractivity contribution in [1.82, 2.24) is 19.4 Å². The van der Waals surface area contributed by atoms with Crippen molar-refractivity contribution < 1.29 is 13.6 Å². The summed E-state index contributed by atoms with van der Waals surface area (Å²) in [5.41, 5.74) is 3.92. The van der Waals surface area contributed by atoms with E-state index in [9.17, 15) is 13.6 Å². The molecule has 39 heavy (non-hydrogen) atoms. The van der Waals surface area contributed by atoms with Crippen molar-refractivity contribution in [3.63, 3.8) is 0 Å². The van der Waals surface area contributed by atoms with Crippen LogP contribution in [0, 0.1) is 23.5 Å². The maximum Gasteiger partial charge on any atom is 0.257 e. The van der Waals surface area contributed by atoms with Gasteiger partial charge in [-0.15, -0.1) is 0 Å². The maximum atomic E-state index is 14.6. The number of hydrogen-bond donors (Lipinski definition) is 0. The highest BCUT2D eigenvalue weighted by Crippen LogP contribution is 2.38. The number of carbonyl (C=O) groups is 1. The molecule has 8 heteroatoms. The molecule has 3 aliphatic heterocycles. The van der Waals surface area contributed by atoms with Crippen LogP contribution in [0.3, 0.4) is 0 Å². The van der Waals surface area contributed by atoms with Gasteiger partial charge in [0.05, 0.1) is 23.3 Å². The summed E-state index contributed by atoms with van der Waals surface area (Å²) in [4.78, 5) is 20.3. The van der Waals surface area contributed by atoms with E-state index in [-0.39, 0.29) is 11.9 Å². The zero-order chi connectivity index (χ0) is 26.5. The SMILES string of the molecule is O=C(c1cnn2ccc(N3CCC[C@@H]3c3cc(F)ccc3F)cc12)N1CC2CN(Cc3ccccc3)CC2C1. The van der Waals surface area contributed by atoms with Gasteiger partial charge < -0.3 is 9.80 Å². The molecule has 0 N–H and O–H groups in total. The summed E-state index contributed by atoms with van der Waals surface area (Å²) < 4.78 is 30.3. The molecule has 0 aliphatic carbocycles. The fourth-order valence-corrected chi connectivity index (χ4v) is 6.88. The third-order valence-electron chi connectivity index (χ3n) is 8.74. The Labute approximate surface area is 226 Å². The van der Waals surface area contributed by atoms with E-state index in [1.807, 2.05) is 29.3 Å². The van der Waals surface area contributed by atoms with Crippen molar-refractivity contribution in [1.29, 1.82) is 0 Å². The lowest BCUT2D eigenvalue weighted by molar-refractivity contribution is 0.0775. The molecule has 0 saturated carbocycles. The third-order valence-corrected chi connectivity index (χ3v) is 8.74. The molecule has 0 spiro atoms. The molecule has 6 nitrogen and oxygen atoms in total. The van der Waals surface area contributed by atoms with E-state index >= 15 is 0 Å². The Morgan fingerprint density at radius 3 is 2.54 bits per heavy atom. The topological polar surface area (TPSA) is 44.1 Å². The van der Waals surface area contributed by atoms with Gasteiger partial charge in [-0.25, -0.2) is 13.3 Å². The number of nitrogens with zero attached hydrogens (tertiary/aromatic N) is 5. The van der Waals surface area contributed by atoms with Crippen molar-refractivity contribution in [3.05, 3.63) is 101 Å². The quantitative estimate of drug-likeness (QED) is 0.360. The monoisotopic (exact) mass is 527 g/mol. The summed E-state index contributed by atoms with van der Waals surface area (Å²) >= 11 is 0. The molecule has 3 aliphatic rings. The summed E-state index contributed by atoms with van der Waals surface area (Å²) in [5.74, 6) is 0.163. The van der Waals surface area contributed by atoms with Crippen LogP contribution in [0.5, 0.6) is 0 Å². The summed E-state index contributed by atoms with van der Waals surface area (Å²) in [7, 11) is 0. The lowest BCUT2D eigenvalue weighted by Gasteiger charge is -2.27. The Kier molecular flexibility index (Phi) is 6.07. The van der Waals surface area contributed by atoms with E-state index in [1.54, 1.807) is 10.7 Å². The number of anilines is 1. The first-order chi connectivity index (χ1) is 19.0. The van der Waals surface area contributed by atoms with E-state index in [4.69, 9.17) is 0 Å². The van der Waals surface area contributed by atoms with Crippen LogP contribution in [-0.4, -0.2) is 58.0 Å². The van der Waals surface area contributed by atoms with E-state index in [0.717, 1.165) is 69.4 Å². The maximum absolute atomic E-state index is 14.6. The molecule has 3 fully saturated rings. The van der Waals surface area contributed by atoms with Gasteiger partial charge in [0.2, 0.25) is 0 Å². The molecule has 4 aromatic rings. The van der Waals surface area contributed by atoms with Crippen LogP contribution in [0.25, 0.3) is 5.52 Å². The molecule has 3 saturated heterocycles. The fourth-order valence-electron chi connectivity index (χ4n) is 6.88. The summed E-state index contributed by atoms with van der Waals surface area (Å²) in [5, 5.41) is 4.45. The highest BCUT2D eigenvalue weighted by molar-refractivity contribution is 6.01. The first-order valence-electron chi connectivity index (χ1n) is 13.8. The standard InChI is InChI=1S/C31H31F2N5O/c32-24-8-9-28(33)26(13-24)29-7-4-11-37(29)25-10-12-38-30(14-25)27(15-34-38)31(39)36-19-22-17-35(18-23(22)20-36)16-21-5-2-1-3-6-21/h1-3,5-6,8-10,12-15,22-23,29H,4,7,11,16-20H2/t22?,23?,29-/m1/s1. The number of pyridine rings is 1. The summed E-state index contributed by atoms with van der Waals surface area (Å²) in [6, 6.07) is 17.9. The van der Waals surface area contributed by atoms with Gasteiger partial charge in [0, 0.05) is 56.7 Å². The predicted octanol–water partition coefficient (Wildman–Crippen LogP) is 5.16. The van der Waals surface area contributed by atoms with Crippen molar-refractivity contribution in [2.45, 2.75) is 25.4 Å². The number of aromatic nitrogens is 2. The molecule has 5 heterocycles. The van der Waals surface area contributed by atoms with Crippen LogP contribution >= 0.6 is 0 Å². The van der Waals surface area contributed by atoms with Gasteiger partial charge >= 0.3 is 0 Å². The number of amides is 1. The minimum Gasteiger partial charge on any atom is -0.364 e. The number of hydrogen-bond acceptors (Lipinski definition) is 4. The van der Waals surface area contributed by atoms with E-state index < -0.39 is 11.6 Å². The number of carbonyl (C=O) groups excluding carboxylic acids is 1. The Morgan fingerprint density at radius 1 is 0.949 bits per heavy atom. The normalized spacial score (nSPS) is 23.2. The van der Waals surface area contributed by atoms with Gasteiger partial charge in [0.25, 0.3) is 5.91 Å². The number of halogens is 2. The average molecular weight is 528 g/mol. The molecule has 0 radical (unpaired) electrons. The molecule has 3 atom stereocenters. The van der Waals surface area contributed by atoms with Crippen molar-refractivity contribution in [2.75, 3.05) is 37.6 Å². The number of fused-ring (bicyclic) bond motifs is 2. The number of rotatable bonds is 5. The van der Waals surface area contributed by atoms with Gasteiger partial charge in [0.1, 0.15) is 11.6 Å². The Balaban J connectivity index is 1.08. The van der Waals surface area contributed by atoms with Crippen LogP contribution in [0.4, 0.5) is 14.5 Å². The van der Waals surface area contributed by atoms with E-state index in [1.165, 1.54) is 17.7 Å². The highest BCUT2D eigenvalue weighted by atomic mass is 19.1. The number of benzene rings is 2. The minimum atomic E-state index is -0.434. The first-order valence-corrected chi connectivity index (χ1v) is 13.8. The van der Waals surface area contributed by atoms with Crippen molar-refractivity contribution in [3.8, 4) is 0 Å². The van der Waals surface area contributed by atoms with Crippen LogP contribution < -0.4 is 4.90 Å². The molecule has 2 aromatic carbocycles. The van der Waals surface area contributed by atoms with Crippen LogP contribution in [-0.2, 0) is 6.54 Å². The molecule has 0 bridgehead atoms. The van der Waals surface area contributed by atoms with Crippen molar-refractivity contribution in [2.24, 2.45) is 11.8 Å². The Hall–Kier alpha value is -3.78. The summed E-state index contributed by atoms with van der Waals surface area (Å²) in [6.07, 6.45) is 5.13. The third kappa shape index (κ3) is 4.46. The molecular weight excluding hydrogens is 496 g/mol. The second kappa shape index (κ2) is 9.75. The largest absolute Gasteiger partial charge is 0.364 e. The van der Waals surface area contributed by atoms with Crippen LogP contribution in [0.2, 0.25) is 0 Å². The zero-order valence-corrected chi connectivity index (χ0v) is 21.7. The van der Waals surface area contributed by atoms with Gasteiger partial charge in [-0.3, -0.25) is 9.69 Å². The smallest absolute Gasteiger partial charge is 0.257 e. The Morgan fingerprint density at radius 2 is 1.74 bits per heavy atom. The fraction of sp³-hybridized carbons (Fsp3) is 0.355. The molecule has 2 unspecified atom stereocenters. The zero-order valence-electron chi connectivity index (χ0n) is 21.7. The van der Waals surface area contributed by atoms with Crippen LogP contribution in [0.15, 0.2) is 73.1 Å². The predicted molar refractivity (Wildman–Crippen MR) is 145 cm³/mol. The molecular formula is C31H31F2N5O. The van der Waals surface area contributed by atoms with Gasteiger partial charge in [0.15, 0.2) is 0 Å². The van der Waals surface area contributed by atoms with E-state index in [0.29, 0.717) is 23.0 Å². The van der Waals surface area contributed by atoms with Gasteiger partial charge in [-0.05, 0) is 60.6 Å².